The summed E-state index contributed by atoms with van der Waals surface area (Å²) >= 11 is 0. The lowest BCUT2D eigenvalue weighted by atomic mass is 10.1. The van der Waals surface area contributed by atoms with Crippen molar-refractivity contribution < 1.29 is 19.1 Å². The van der Waals surface area contributed by atoms with Crippen molar-refractivity contribution in [2.45, 2.75) is 32.8 Å². The van der Waals surface area contributed by atoms with E-state index in [2.05, 4.69) is 0 Å². The van der Waals surface area contributed by atoms with E-state index in [1.54, 1.807) is 20.8 Å². The number of carbonyl (C=O) groups excluding carboxylic acids is 2. The van der Waals surface area contributed by atoms with Crippen LogP contribution in [-0.2, 0) is 19.1 Å². The Morgan fingerprint density at radius 2 is 1.81 bits per heavy atom. The molecule has 0 spiro atoms. The Balaban J connectivity index is 1.78. The first-order valence-corrected chi connectivity index (χ1v) is 5.71. The largest absolute Gasteiger partial charge is 0.460 e. The Morgan fingerprint density at radius 1 is 1.25 bits per heavy atom. The van der Waals surface area contributed by atoms with Crippen LogP contribution >= 0.6 is 0 Å². The lowest BCUT2D eigenvalue weighted by Crippen LogP contribution is -2.26. The SMILES string of the molecule is CC(C)(C)OC(=O)CC(=O)C1[C@H]2COC[C@H]12. The summed E-state index contributed by atoms with van der Waals surface area (Å²) in [5.74, 6) is 0.405. The van der Waals surface area contributed by atoms with Crippen molar-refractivity contribution >= 4 is 11.8 Å². The molecule has 2 aliphatic rings. The lowest BCUT2D eigenvalue weighted by Gasteiger charge is -2.19. The number of rotatable bonds is 3. The van der Waals surface area contributed by atoms with Crippen molar-refractivity contribution in [3.63, 3.8) is 0 Å². The third-order valence-electron chi connectivity index (χ3n) is 3.06. The number of esters is 1. The molecule has 4 heteroatoms. The standard InChI is InChI=1S/C12H18O4/c1-12(2,3)16-10(14)4-9(13)11-7-5-15-6-8(7)11/h7-8,11H,4-6H2,1-3H3/t7-,8-/m0/s1. The van der Waals surface area contributed by atoms with E-state index in [1.807, 2.05) is 0 Å². The summed E-state index contributed by atoms with van der Waals surface area (Å²) in [7, 11) is 0. The summed E-state index contributed by atoms with van der Waals surface area (Å²) in [6, 6.07) is 0. The maximum Gasteiger partial charge on any atom is 0.313 e. The third kappa shape index (κ3) is 2.43. The quantitative estimate of drug-likeness (QED) is 0.535. The van der Waals surface area contributed by atoms with Crippen LogP contribution in [0.5, 0.6) is 0 Å². The molecule has 2 atom stereocenters. The summed E-state index contributed by atoms with van der Waals surface area (Å²) < 4.78 is 10.3. The van der Waals surface area contributed by atoms with Gasteiger partial charge in [-0.2, -0.15) is 0 Å². The Hall–Kier alpha value is -0.900. The van der Waals surface area contributed by atoms with Crippen molar-refractivity contribution in [2.24, 2.45) is 17.8 Å². The molecule has 1 saturated heterocycles. The molecule has 0 amide bonds. The predicted octanol–water partition coefficient (Wildman–Crippen LogP) is 1.18. The molecule has 0 N–H and O–H groups in total. The van der Waals surface area contributed by atoms with Crippen LogP contribution in [-0.4, -0.2) is 30.6 Å². The van der Waals surface area contributed by atoms with E-state index in [0.29, 0.717) is 25.0 Å². The van der Waals surface area contributed by atoms with Crippen LogP contribution in [0.2, 0.25) is 0 Å². The fraction of sp³-hybridized carbons (Fsp3) is 0.833. The molecule has 4 nitrogen and oxygen atoms in total. The molecular formula is C12H18O4. The molecule has 0 radical (unpaired) electrons. The van der Waals surface area contributed by atoms with Crippen molar-refractivity contribution in [1.82, 2.24) is 0 Å². The molecule has 0 aromatic carbocycles. The van der Waals surface area contributed by atoms with E-state index in [9.17, 15) is 9.59 Å². The summed E-state index contributed by atoms with van der Waals surface area (Å²) in [5.41, 5.74) is -0.514. The fourth-order valence-corrected chi connectivity index (χ4v) is 2.35. The van der Waals surface area contributed by atoms with Gasteiger partial charge in [-0.05, 0) is 32.6 Å². The van der Waals surface area contributed by atoms with Crippen LogP contribution in [0, 0.1) is 17.8 Å². The fourth-order valence-electron chi connectivity index (χ4n) is 2.35. The molecule has 90 valence electrons. The second-order valence-corrected chi connectivity index (χ2v) is 5.62. The maximum absolute atomic E-state index is 11.8. The van der Waals surface area contributed by atoms with Crippen LogP contribution < -0.4 is 0 Å². The van der Waals surface area contributed by atoms with Crippen LogP contribution in [0.15, 0.2) is 0 Å². The molecule has 1 saturated carbocycles. The Morgan fingerprint density at radius 3 is 2.31 bits per heavy atom. The van der Waals surface area contributed by atoms with Crippen LogP contribution in [0.3, 0.4) is 0 Å². The highest BCUT2D eigenvalue weighted by Gasteiger charge is 2.57. The highest BCUT2D eigenvalue weighted by Crippen LogP contribution is 2.51. The zero-order chi connectivity index (χ0) is 11.9. The van der Waals surface area contributed by atoms with Crippen molar-refractivity contribution in [3.8, 4) is 0 Å². The van der Waals surface area contributed by atoms with Crippen LogP contribution in [0.25, 0.3) is 0 Å². The van der Waals surface area contributed by atoms with Gasteiger partial charge in [-0.15, -0.1) is 0 Å². The summed E-state index contributed by atoms with van der Waals surface area (Å²) in [6.07, 6.45) is -0.0884. The molecule has 1 aliphatic heterocycles. The third-order valence-corrected chi connectivity index (χ3v) is 3.06. The minimum Gasteiger partial charge on any atom is -0.460 e. The van der Waals surface area contributed by atoms with Crippen molar-refractivity contribution in [2.75, 3.05) is 13.2 Å². The Labute approximate surface area is 95.3 Å². The molecule has 16 heavy (non-hydrogen) atoms. The van der Waals surface area contributed by atoms with Gasteiger partial charge in [-0.3, -0.25) is 9.59 Å². The van der Waals surface area contributed by atoms with Gasteiger partial charge in [0.05, 0.1) is 13.2 Å². The van der Waals surface area contributed by atoms with E-state index in [1.165, 1.54) is 0 Å². The van der Waals surface area contributed by atoms with Gasteiger partial charge < -0.3 is 9.47 Å². The molecule has 0 bridgehead atoms. The smallest absolute Gasteiger partial charge is 0.313 e. The Kier molecular flexibility index (Phi) is 2.78. The van der Waals surface area contributed by atoms with Gasteiger partial charge in [0, 0.05) is 5.92 Å². The van der Waals surface area contributed by atoms with Gasteiger partial charge in [0.1, 0.15) is 17.8 Å². The van der Waals surface area contributed by atoms with Crippen molar-refractivity contribution in [1.29, 1.82) is 0 Å². The molecule has 0 aromatic rings. The zero-order valence-electron chi connectivity index (χ0n) is 9.99. The van der Waals surface area contributed by atoms with Crippen LogP contribution in [0.4, 0.5) is 0 Å². The summed E-state index contributed by atoms with van der Waals surface area (Å²) in [6.45, 7) is 6.75. The highest BCUT2D eigenvalue weighted by atomic mass is 16.6. The van der Waals surface area contributed by atoms with Crippen molar-refractivity contribution in [3.05, 3.63) is 0 Å². The van der Waals surface area contributed by atoms with Gasteiger partial charge in [0.15, 0.2) is 0 Å². The van der Waals surface area contributed by atoms with Gasteiger partial charge >= 0.3 is 5.97 Å². The average molecular weight is 226 g/mol. The minimum atomic E-state index is -0.514. The highest BCUT2D eigenvalue weighted by molar-refractivity contribution is 5.98. The van der Waals surface area contributed by atoms with E-state index >= 15 is 0 Å². The molecule has 1 aliphatic carbocycles. The van der Waals surface area contributed by atoms with Gasteiger partial charge in [0.2, 0.25) is 0 Å². The minimum absolute atomic E-state index is 0.0209. The van der Waals surface area contributed by atoms with Gasteiger partial charge in [0.25, 0.3) is 0 Å². The number of carbonyl (C=O) groups is 2. The van der Waals surface area contributed by atoms with E-state index < -0.39 is 11.6 Å². The number of hydrogen-bond acceptors (Lipinski definition) is 4. The first-order valence-electron chi connectivity index (χ1n) is 5.71. The second kappa shape index (κ2) is 3.84. The summed E-state index contributed by atoms with van der Waals surface area (Å²) in [4.78, 5) is 23.2. The van der Waals surface area contributed by atoms with Crippen LogP contribution in [0.1, 0.15) is 27.2 Å². The number of ether oxygens (including phenoxy) is 2. The molecule has 2 rings (SSSR count). The summed E-state index contributed by atoms with van der Waals surface area (Å²) in [5, 5.41) is 0. The number of hydrogen-bond donors (Lipinski definition) is 0. The lowest BCUT2D eigenvalue weighted by molar-refractivity contribution is -0.156. The molecule has 0 unspecified atom stereocenters. The topological polar surface area (TPSA) is 52.6 Å². The molecular weight excluding hydrogens is 208 g/mol. The second-order valence-electron chi connectivity index (χ2n) is 5.62. The van der Waals surface area contributed by atoms with Gasteiger partial charge in [-0.1, -0.05) is 0 Å². The first-order chi connectivity index (χ1) is 7.38. The maximum atomic E-state index is 11.8. The molecule has 1 heterocycles. The predicted molar refractivity (Wildman–Crippen MR) is 56.8 cm³/mol. The average Bonchev–Trinajstić information content (AvgIpc) is 2.58. The molecule has 2 fully saturated rings. The first kappa shape index (κ1) is 11.6. The number of fused-ring (bicyclic) bond motifs is 1. The monoisotopic (exact) mass is 226 g/mol. The number of ketones is 1. The van der Waals surface area contributed by atoms with Gasteiger partial charge in [-0.25, -0.2) is 0 Å². The zero-order valence-corrected chi connectivity index (χ0v) is 9.99. The normalized spacial score (nSPS) is 32.1. The van der Waals surface area contributed by atoms with E-state index in [4.69, 9.17) is 9.47 Å². The number of Topliss-reactive ketones (excluding diaryl/α,β-unsaturated/α-hetero) is 1. The Bertz CT molecular complexity index is 305. The van der Waals surface area contributed by atoms with E-state index in [0.717, 1.165) is 0 Å². The molecule has 0 aromatic heterocycles. The van der Waals surface area contributed by atoms with E-state index in [-0.39, 0.29) is 18.1 Å².